The molecule has 1 heterocycles. The number of aryl methyl sites for hydroxylation is 1. The molecule has 0 saturated heterocycles. The Morgan fingerprint density at radius 3 is 2.73 bits per heavy atom. The molecule has 1 unspecified atom stereocenters. The van der Waals surface area contributed by atoms with Crippen molar-refractivity contribution in [2.45, 2.75) is 26.8 Å². The van der Waals surface area contributed by atoms with Crippen LogP contribution in [-0.2, 0) is 16.1 Å². The van der Waals surface area contributed by atoms with E-state index in [0.29, 0.717) is 13.1 Å². The van der Waals surface area contributed by atoms with Crippen LogP contribution in [0.25, 0.3) is 5.69 Å². The fraction of sp³-hybridized carbons (Fsp3) is 0.412. The summed E-state index contributed by atoms with van der Waals surface area (Å²) < 4.78 is 6.92. The van der Waals surface area contributed by atoms with Crippen LogP contribution in [0.4, 0.5) is 0 Å². The maximum Gasteiger partial charge on any atom is 0.309 e. The summed E-state index contributed by atoms with van der Waals surface area (Å²) in [5, 5.41) is 3.33. The van der Waals surface area contributed by atoms with Crippen molar-refractivity contribution in [3.05, 3.63) is 48.0 Å². The van der Waals surface area contributed by atoms with Gasteiger partial charge in [0.2, 0.25) is 0 Å². The van der Waals surface area contributed by atoms with Crippen LogP contribution >= 0.6 is 0 Å². The Hall–Kier alpha value is -2.14. The van der Waals surface area contributed by atoms with Crippen LogP contribution < -0.4 is 5.32 Å². The second-order valence-corrected chi connectivity index (χ2v) is 5.23. The second kappa shape index (κ2) is 7.75. The molecule has 22 heavy (non-hydrogen) atoms. The van der Waals surface area contributed by atoms with Crippen molar-refractivity contribution in [1.29, 1.82) is 0 Å². The Labute approximate surface area is 131 Å². The molecule has 0 radical (unpaired) electrons. The summed E-state index contributed by atoms with van der Waals surface area (Å²) in [6.45, 7) is 5.23. The lowest BCUT2D eigenvalue weighted by atomic mass is 10.1. The minimum atomic E-state index is -0.164. The van der Waals surface area contributed by atoms with Crippen LogP contribution in [-0.4, -0.2) is 29.2 Å². The van der Waals surface area contributed by atoms with Crippen molar-refractivity contribution in [1.82, 2.24) is 14.9 Å². The zero-order chi connectivity index (χ0) is 15.9. The molecule has 2 rings (SSSR count). The Balaban J connectivity index is 2.04. The average molecular weight is 301 g/mol. The molecule has 0 saturated carbocycles. The van der Waals surface area contributed by atoms with Crippen molar-refractivity contribution in [3.8, 4) is 5.69 Å². The molecule has 0 amide bonds. The Morgan fingerprint density at radius 2 is 2.09 bits per heavy atom. The van der Waals surface area contributed by atoms with Gasteiger partial charge >= 0.3 is 5.97 Å². The normalized spacial score (nSPS) is 12.1. The summed E-state index contributed by atoms with van der Waals surface area (Å²) in [6.07, 6.45) is 2.63. The van der Waals surface area contributed by atoms with Gasteiger partial charge in [0.15, 0.2) is 0 Å². The summed E-state index contributed by atoms with van der Waals surface area (Å²) in [7, 11) is 1.43. The van der Waals surface area contributed by atoms with Crippen LogP contribution in [0.2, 0.25) is 0 Å². The van der Waals surface area contributed by atoms with Gasteiger partial charge in [0.25, 0.3) is 0 Å². The van der Waals surface area contributed by atoms with E-state index in [1.165, 1.54) is 7.11 Å². The molecule has 5 heteroatoms. The van der Waals surface area contributed by atoms with Gasteiger partial charge in [0.05, 0.1) is 24.9 Å². The van der Waals surface area contributed by atoms with E-state index in [4.69, 9.17) is 4.74 Å². The quantitative estimate of drug-likeness (QED) is 0.798. The minimum Gasteiger partial charge on any atom is -0.469 e. The number of carbonyl (C=O) groups is 1. The maximum absolute atomic E-state index is 11.6. The number of benzene rings is 1. The number of hydrogen-bond acceptors (Lipinski definition) is 4. The number of aromatic nitrogens is 2. The number of para-hydroxylation sites is 1. The molecule has 0 aliphatic carbocycles. The third-order valence-electron chi connectivity index (χ3n) is 3.75. The third kappa shape index (κ3) is 3.74. The second-order valence-electron chi connectivity index (χ2n) is 5.23. The number of hydrogen-bond donors (Lipinski definition) is 1. The molecule has 1 atom stereocenters. The van der Waals surface area contributed by atoms with E-state index in [1.807, 2.05) is 38.2 Å². The molecule has 0 spiro atoms. The molecule has 1 aromatic carbocycles. The van der Waals surface area contributed by atoms with Gasteiger partial charge in [-0.3, -0.25) is 9.36 Å². The van der Waals surface area contributed by atoms with Crippen molar-refractivity contribution >= 4 is 5.97 Å². The maximum atomic E-state index is 11.6. The van der Waals surface area contributed by atoms with Crippen LogP contribution in [0.1, 0.15) is 24.9 Å². The number of nitrogens with zero attached hydrogens (tertiary/aromatic N) is 2. The monoisotopic (exact) mass is 301 g/mol. The molecule has 0 bridgehead atoms. The van der Waals surface area contributed by atoms with Gasteiger partial charge in [-0.2, -0.15) is 0 Å². The number of ether oxygens (including phenoxy) is 1. The van der Waals surface area contributed by atoms with E-state index >= 15 is 0 Å². The van der Waals surface area contributed by atoms with Gasteiger partial charge in [-0.25, -0.2) is 4.98 Å². The van der Waals surface area contributed by atoms with Gasteiger partial charge in [-0.05, 0) is 25.5 Å². The largest absolute Gasteiger partial charge is 0.469 e. The van der Waals surface area contributed by atoms with Gasteiger partial charge in [-0.1, -0.05) is 25.1 Å². The SMILES string of the molecule is CCC(CNCc1cnc(C)n1-c1ccccc1)C(=O)OC. The molecule has 2 aromatic rings. The zero-order valence-corrected chi connectivity index (χ0v) is 13.4. The number of imidazole rings is 1. The van der Waals surface area contributed by atoms with Crippen molar-refractivity contribution in [3.63, 3.8) is 0 Å². The summed E-state index contributed by atoms with van der Waals surface area (Å²) in [5.41, 5.74) is 2.16. The summed E-state index contributed by atoms with van der Waals surface area (Å²) in [4.78, 5) is 16.0. The number of nitrogens with one attached hydrogen (secondary N) is 1. The molecule has 0 aliphatic heterocycles. The van der Waals surface area contributed by atoms with Crippen molar-refractivity contribution in [2.24, 2.45) is 5.92 Å². The van der Waals surface area contributed by atoms with Crippen molar-refractivity contribution < 1.29 is 9.53 Å². The van der Waals surface area contributed by atoms with Crippen LogP contribution in [0.5, 0.6) is 0 Å². The number of esters is 1. The van der Waals surface area contributed by atoms with E-state index < -0.39 is 0 Å². The highest BCUT2D eigenvalue weighted by Gasteiger charge is 2.16. The summed E-state index contributed by atoms with van der Waals surface area (Å²) in [6, 6.07) is 10.1. The van der Waals surface area contributed by atoms with Gasteiger partial charge in [-0.15, -0.1) is 0 Å². The fourth-order valence-electron chi connectivity index (χ4n) is 2.48. The lowest BCUT2D eigenvalue weighted by molar-refractivity contribution is -0.145. The first kappa shape index (κ1) is 16.2. The molecule has 5 nitrogen and oxygen atoms in total. The highest BCUT2D eigenvalue weighted by atomic mass is 16.5. The Kier molecular flexibility index (Phi) is 5.72. The first-order valence-electron chi connectivity index (χ1n) is 7.54. The number of methoxy groups -OCH3 is 1. The van der Waals surface area contributed by atoms with E-state index in [2.05, 4.69) is 27.0 Å². The molecule has 118 valence electrons. The summed E-state index contributed by atoms with van der Waals surface area (Å²) in [5.74, 6) is 0.671. The van der Waals surface area contributed by atoms with E-state index in [1.54, 1.807) is 0 Å². The number of carbonyl (C=O) groups excluding carboxylic acids is 1. The lowest BCUT2D eigenvalue weighted by Crippen LogP contribution is -2.29. The Morgan fingerprint density at radius 1 is 1.36 bits per heavy atom. The topological polar surface area (TPSA) is 56.2 Å². The van der Waals surface area contributed by atoms with Crippen LogP contribution in [0.15, 0.2) is 36.5 Å². The minimum absolute atomic E-state index is 0.112. The van der Waals surface area contributed by atoms with Crippen LogP contribution in [0, 0.1) is 12.8 Å². The summed E-state index contributed by atoms with van der Waals surface area (Å²) >= 11 is 0. The molecular formula is C17H23N3O2. The van der Waals surface area contributed by atoms with Crippen molar-refractivity contribution in [2.75, 3.05) is 13.7 Å². The fourth-order valence-corrected chi connectivity index (χ4v) is 2.48. The predicted molar refractivity (Wildman–Crippen MR) is 85.8 cm³/mol. The zero-order valence-electron chi connectivity index (χ0n) is 13.4. The van der Waals surface area contributed by atoms with E-state index in [9.17, 15) is 4.79 Å². The first-order chi connectivity index (χ1) is 10.7. The highest BCUT2D eigenvalue weighted by molar-refractivity contribution is 5.72. The Bertz CT molecular complexity index is 608. The van der Waals surface area contributed by atoms with Gasteiger partial charge in [0.1, 0.15) is 5.82 Å². The van der Waals surface area contributed by atoms with Crippen LogP contribution in [0.3, 0.4) is 0 Å². The standard InChI is InChI=1S/C17H23N3O2/c1-4-14(17(21)22-3)10-18-11-16-12-19-13(2)20(16)15-8-6-5-7-9-15/h5-9,12,14,18H,4,10-11H2,1-3H3. The third-order valence-corrected chi connectivity index (χ3v) is 3.75. The first-order valence-corrected chi connectivity index (χ1v) is 7.54. The smallest absolute Gasteiger partial charge is 0.309 e. The van der Waals surface area contributed by atoms with E-state index in [-0.39, 0.29) is 11.9 Å². The predicted octanol–water partition coefficient (Wildman–Crippen LogP) is 2.47. The van der Waals surface area contributed by atoms with Gasteiger partial charge < -0.3 is 10.1 Å². The molecule has 1 N–H and O–H groups in total. The molecule has 0 aliphatic rings. The number of rotatable bonds is 7. The van der Waals surface area contributed by atoms with Gasteiger partial charge in [0, 0.05) is 18.8 Å². The highest BCUT2D eigenvalue weighted by Crippen LogP contribution is 2.14. The lowest BCUT2D eigenvalue weighted by Gasteiger charge is -2.14. The molecule has 0 fully saturated rings. The molecule has 1 aromatic heterocycles. The molecular weight excluding hydrogens is 278 g/mol. The average Bonchev–Trinajstić information content (AvgIpc) is 2.92. The van der Waals surface area contributed by atoms with E-state index in [0.717, 1.165) is 23.6 Å².